The van der Waals surface area contributed by atoms with Gasteiger partial charge in [0.2, 0.25) is 0 Å². The summed E-state index contributed by atoms with van der Waals surface area (Å²) >= 11 is 0. The first-order valence-electron chi connectivity index (χ1n) is 6.82. The van der Waals surface area contributed by atoms with Gasteiger partial charge in [-0.2, -0.15) is 13.2 Å². The second-order valence-electron chi connectivity index (χ2n) is 5.05. The van der Waals surface area contributed by atoms with Crippen LogP contribution in [0.2, 0.25) is 0 Å². The molecule has 0 unspecified atom stereocenters. The third-order valence-corrected chi connectivity index (χ3v) is 3.55. The van der Waals surface area contributed by atoms with Crippen LogP contribution in [0.3, 0.4) is 0 Å². The molecule has 4 nitrogen and oxygen atoms in total. The number of aromatic hydroxyl groups is 1. The van der Waals surface area contributed by atoms with Crippen molar-refractivity contribution in [2.75, 3.05) is 7.11 Å². The van der Waals surface area contributed by atoms with E-state index in [9.17, 15) is 23.1 Å². The zero-order valence-corrected chi connectivity index (χ0v) is 12.3. The highest BCUT2D eigenvalue weighted by Crippen LogP contribution is 2.40. The van der Waals surface area contributed by atoms with Crippen LogP contribution in [0.1, 0.15) is 5.56 Å². The Morgan fingerprint density at radius 3 is 2.33 bits per heavy atom. The summed E-state index contributed by atoms with van der Waals surface area (Å²) in [5.74, 6) is 0.151. The summed E-state index contributed by atoms with van der Waals surface area (Å²) in [6.45, 7) is 0. The molecule has 0 fully saturated rings. The number of methoxy groups -OCH3 is 1. The van der Waals surface area contributed by atoms with Gasteiger partial charge in [0.05, 0.1) is 18.2 Å². The number of benzene rings is 2. The van der Waals surface area contributed by atoms with Crippen molar-refractivity contribution in [3.63, 3.8) is 0 Å². The quantitative estimate of drug-likeness (QED) is 0.713. The van der Waals surface area contributed by atoms with Crippen molar-refractivity contribution >= 4 is 11.0 Å². The van der Waals surface area contributed by atoms with Crippen molar-refractivity contribution in [1.29, 1.82) is 0 Å². The highest BCUT2D eigenvalue weighted by molar-refractivity contribution is 5.88. The van der Waals surface area contributed by atoms with E-state index in [1.807, 2.05) is 0 Å². The fraction of sp³-hybridized carbons (Fsp3) is 0.118. The Hall–Kier alpha value is -2.96. The molecule has 0 atom stereocenters. The van der Waals surface area contributed by atoms with E-state index in [1.54, 1.807) is 0 Å². The number of ether oxygens (including phenoxy) is 1. The van der Waals surface area contributed by atoms with Crippen LogP contribution in [0, 0.1) is 0 Å². The molecular formula is C17H11F3O4. The van der Waals surface area contributed by atoms with E-state index >= 15 is 0 Å². The molecular weight excluding hydrogens is 325 g/mol. The predicted molar refractivity (Wildman–Crippen MR) is 81.1 cm³/mol. The number of hydrogen-bond acceptors (Lipinski definition) is 4. The molecule has 0 radical (unpaired) electrons. The van der Waals surface area contributed by atoms with E-state index in [0.29, 0.717) is 5.75 Å². The first-order chi connectivity index (χ1) is 11.3. The molecule has 1 aromatic heterocycles. The standard InChI is InChI=1S/C17H11F3O4/c1-23-11-5-2-9(3-6-11)14-15(17(18,19)20)12-7-4-10(21)8-13(12)24-16(14)22/h2-8,21H,1H3. The summed E-state index contributed by atoms with van der Waals surface area (Å²) in [6, 6.07) is 8.77. The lowest BCUT2D eigenvalue weighted by molar-refractivity contribution is -0.136. The smallest absolute Gasteiger partial charge is 0.417 e. The van der Waals surface area contributed by atoms with Gasteiger partial charge in [0.25, 0.3) is 0 Å². The number of rotatable bonds is 2. The fourth-order valence-electron chi connectivity index (χ4n) is 2.50. The largest absolute Gasteiger partial charge is 0.508 e. The van der Waals surface area contributed by atoms with E-state index in [2.05, 4.69) is 0 Å². The number of phenolic OH excluding ortho intramolecular Hbond substituents is 1. The molecule has 7 heteroatoms. The third kappa shape index (κ3) is 2.68. The Kier molecular flexibility index (Phi) is 3.71. The van der Waals surface area contributed by atoms with E-state index in [0.717, 1.165) is 18.2 Å². The average molecular weight is 336 g/mol. The number of halogens is 3. The van der Waals surface area contributed by atoms with Gasteiger partial charge < -0.3 is 14.3 Å². The average Bonchev–Trinajstić information content (AvgIpc) is 2.52. The zero-order valence-electron chi connectivity index (χ0n) is 12.3. The number of phenols is 1. The van der Waals surface area contributed by atoms with Crippen LogP contribution >= 0.6 is 0 Å². The van der Waals surface area contributed by atoms with Crippen molar-refractivity contribution in [1.82, 2.24) is 0 Å². The maximum absolute atomic E-state index is 13.6. The van der Waals surface area contributed by atoms with Gasteiger partial charge in [-0.1, -0.05) is 12.1 Å². The SMILES string of the molecule is COc1ccc(-c2c(C(F)(F)F)c3ccc(O)cc3oc2=O)cc1. The monoisotopic (exact) mass is 336 g/mol. The summed E-state index contributed by atoms with van der Waals surface area (Å²) in [6.07, 6.45) is -4.78. The van der Waals surface area contributed by atoms with Crippen LogP contribution < -0.4 is 10.4 Å². The lowest BCUT2D eigenvalue weighted by atomic mass is 9.98. The minimum Gasteiger partial charge on any atom is -0.508 e. The molecule has 1 heterocycles. The van der Waals surface area contributed by atoms with Crippen molar-refractivity contribution in [3.8, 4) is 22.6 Å². The summed E-state index contributed by atoms with van der Waals surface area (Å²) in [4.78, 5) is 12.2. The van der Waals surface area contributed by atoms with Gasteiger partial charge in [0, 0.05) is 11.5 Å². The Bertz CT molecular complexity index is 956. The van der Waals surface area contributed by atoms with Crippen LogP contribution in [0.5, 0.6) is 11.5 Å². The minimum absolute atomic E-state index is 0.0619. The summed E-state index contributed by atoms with van der Waals surface area (Å²) in [5, 5.41) is 9.10. The number of hydrogen-bond donors (Lipinski definition) is 1. The molecule has 124 valence electrons. The Balaban J connectivity index is 2.39. The van der Waals surface area contributed by atoms with Gasteiger partial charge in [-0.15, -0.1) is 0 Å². The van der Waals surface area contributed by atoms with Gasteiger partial charge in [0.1, 0.15) is 17.1 Å². The van der Waals surface area contributed by atoms with Crippen molar-refractivity contribution in [2.24, 2.45) is 0 Å². The van der Waals surface area contributed by atoms with E-state index in [1.165, 1.54) is 31.4 Å². The molecule has 0 aliphatic heterocycles. The van der Waals surface area contributed by atoms with Gasteiger partial charge in [0.15, 0.2) is 0 Å². The van der Waals surface area contributed by atoms with Crippen molar-refractivity contribution < 1.29 is 27.4 Å². The molecule has 0 aliphatic carbocycles. The van der Waals surface area contributed by atoms with Crippen LogP contribution in [0.25, 0.3) is 22.1 Å². The topological polar surface area (TPSA) is 59.7 Å². The highest BCUT2D eigenvalue weighted by atomic mass is 19.4. The Morgan fingerprint density at radius 1 is 1.08 bits per heavy atom. The highest BCUT2D eigenvalue weighted by Gasteiger charge is 2.38. The lowest BCUT2D eigenvalue weighted by Gasteiger charge is -2.15. The molecule has 2 aromatic carbocycles. The molecule has 0 aliphatic rings. The molecule has 0 spiro atoms. The molecule has 0 bridgehead atoms. The van der Waals surface area contributed by atoms with E-state index in [-0.39, 0.29) is 22.3 Å². The maximum Gasteiger partial charge on any atom is 0.417 e. The molecule has 0 amide bonds. The third-order valence-electron chi connectivity index (χ3n) is 3.55. The van der Waals surface area contributed by atoms with Crippen LogP contribution in [-0.4, -0.2) is 12.2 Å². The number of fused-ring (bicyclic) bond motifs is 1. The second-order valence-corrected chi connectivity index (χ2v) is 5.05. The molecule has 0 saturated heterocycles. The predicted octanol–water partition coefficient (Wildman–Crippen LogP) is 4.19. The van der Waals surface area contributed by atoms with Gasteiger partial charge in [-0.3, -0.25) is 0 Å². The Morgan fingerprint density at radius 2 is 1.75 bits per heavy atom. The van der Waals surface area contributed by atoms with Crippen LogP contribution in [-0.2, 0) is 6.18 Å². The van der Waals surface area contributed by atoms with Crippen LogP contribution in [0.4, 0.5) is 13.2 Å². The maximum atomic E-state index is 13.6. The van der Waals surface area contributed by atoms with Gasteiger partial charge in [-0.05, 0) is 29.8 Å². The van der Waals surface area contributed by atoms with E-state index < -0.39 is 22.9 Å². The first-order valence-corrected chi connectivity index (χ1v) is 6.82. The molecule has 1 N–H and O–H groups in total. The first kappa shape index (κ1) is 15.9. The van der Waals surface area contributed by atoms with Crippen molar-refractivity contribution in [2.45, 2.75) is 6.18 Å². The second kappa shape index (κ2) is 5.59. The fourth-order valence-corrected chi connectivity index (χ4v) is 2.50. The minimum atomic E-state index is -4.78. The summed E-state index contributed by atoms with van der Waals surface area (Å²) in [5.41, 5.74) is -3.08. The van der Waals surface area contributed by atoms with Gasteiger partial charge in [-0.25, -0.2) is 4.79 Å². The lowest BCUT2D eigenvalue weighted by Crippen LogP contribution is -2.15. The van der Waals surface area contributed by atoms with Gasteiger partial charge >= 0.3 is 11.8 Å². The van der Waals surface area contributed by atoms with Crippen molar-refractivity contribution in [3.05, 3.63) is 58.4 Å². The molecule has 3 rings (SSSR count). The zero-order chi connectivity index (χ0) is 17.5. The summed E-state index contributed by atoms with van der Waals surface area (Å²) < 4.78 is 50.8. The Labute approximate surface area is 133 Å². The summed E-state index contributed by atoms with van der Waals surface area (Å²) in [7, 11) is 1.42. The van der Waals surface area contributed by atoms with E-state index in [4.69, 9.17) is 9.15 Å². The normalized spacial score (nSPS) is 11.7. The molecule has 24 heavy (non-hydrogen) atoms. The molecule has 3 aromatic rings. The number of alkyl halides is 3. The molecule has 0 saturated carbocycles. The van der Waals surface area contributed by atoms with Crippen LogP contribution in [0.15, 0.2) is 51.7 Å².